The predicted molar refractivity (Wildman–Crippen MR) is 121 cm³/mol. The van der Waals surface area contributed by atoms with Crippen LogP contribution in [0.2, 0.25) is 5.02 Å². The van der Waals surface area contributed by atoms with Crippen LogP contribution < -0.4 is 10.2 Å². The minimum Gasteiger partial charge on any atom is -0.378 e. The zero-order chi connectivity index (χ0) is 23.0. The van der Waals surface area contributed by atoms with E-state index in [9.17, 15) is 13.2 Å². The fourth-order valence-electron chi connectivity index (χ4n) is 3.77. The molecule has 1 aliphatic rings. The Hall–Kier alpha value is -3.30. The van der Waals surface area contributed by atoms with Crippen LogP contribution in [0.1, 0.15) is 5.56 Å². The number of aromatic nitrogens is 3. The van der Waals surface area contributed by atoms with Gasteiger partial charge in [0.2, 0.25) is 5.95 Å². The second-order valence-corrected chi connectivity index (χ2v) is 8.01. The molecule has 1 N–H and O–H groups in total. The maximum Gasteiger partial charge on any atom is 0.416 e. The Labute approximate surface area is 192 Å². The highest BCUT2D eigenvalue weighted by atomic mass is 35.5. The van der Waals surface area contributed by atoms with E-state index >= 15 is 0 Å². The van der Waals surface area contributed by atoms with E-state index in [4.69, 9.17) is 16.3 Å². The highest BCUT2D eigenvalue weighted by molar-refractivity contribution is 6.33. The smallest absolute Gasteiger partial charge is 0.378 e. The van der Waals surface area contributed by atoms with Gasteiger partial charge in [0.1, 0.15) is 0 Å². The number of anilines is 3. The Bertz CT molecular complexity index is 1280. The van der Waals surface area contributed by atoms with Crippen LogP contribution >= 0.6 is 11.6 Å². The number of rotatable bonds is 4. The molecule has 5 rings (SSSR count). The van der Waals surface area contributed by atoms with E-state index in [1.165, 1.54) is 10.6 Å². The topological polar surface area (TPSA) is 54.7 Å². The fraction of sp³-hybridized carbons (Fsp3) is 0.217. The fourth-order valence-corrected chi connectivity index (χ4v) is 3.98. The van der Waals surface area contributed by atoms with E-state index in [0.29, 0.717) is 30.4 Å². The SMILES string of the molecule is FC(F)(F)c1ccc(Cl)c(-c2ccc3cnc(Nc4ccc(N5CCOCC5)cc4)nn23)c1. The number of hydrogen-bond acceptors (Lipinski definition) is 5. The molecule has 0 amide bonds. The van der Waals surface area contributed by atoms with Crippen LogP contribution in [0.15, 0.2) is 60.8 Å². The summed E-state index contributed by atoms with van der Waals surface area (Å²) in [6, 6.07) is 14.5. The van der Waals surface area contributed by atoms with Gasteiger partial charge in [0.25, 0.3) is 0 Å². The molecule has 1 aliphatic heterocycles. The molecule has 170 valence electrons. The average Bonchev–Trinajstić information content (AvgIpc) is 3.23. The summed E-state index contributed by atoms with van der Waals surface area (Å²) in [7, 11) is 0. The van der Waals surface area contributed by atoms with Gasteiger partial charge in [0.05, 0.1) is 36.2 Å². The van der Waals surface area contributed by atoms with Crippen molar-refractivity contribution in [1.29, 1.82) is 0 Å². The van der Waals surface area contributed by atoms with E-state index in [-0.39, 0.29) is 10.6 Å². The molecule has 0 saturated carbocycles. The molecule has 4 aromatic rings. The number of hydrogen-bond donors (Lipinski definition) is 1. The molecule has 0 radical (unpaired) electrons. The number of ether oxygens (including phenoxy) is 1. The zero-order valence-corrected chi connectivity index (χ0v) is 18.1. The normalized spacial score (nSPS) is 14.6. The number of benzene rings is 2. The number of nitrogens with zero attached hydrogens (tertiary/aromatic N) is 4. The van der Waals surface area contributed by atoms with E-state index < -0.39 is 11.7 Å². The quantitative estimate of drug-likeness (QED) is 0.415. The molecule has 0 atom stereocenters. The standard InChI is InChI=1S/C23H19ClF3N5O/c24-20-7-1-15(23(25,26)27)13-19(20)21-8-6-18-14-28-22(30-32(18)21)29-16-2-4-17(5-3-16)31-9-11-33-12-10-31/h1-8,13-14H,9-12H2,(H,29,30). The lowest BCUT2D eigenvalue weighted by Crippen LogP contribution is -2.36. The molecule has 1 fully saturated rings. The Morgan fingerprint density at radius 3 is 2.45 bits per heavy atom. The van der Waals surface area contributed by atoms with E-state index in [1.807, 2.05) is 24.3 Å². The minimum absolute atomic E-state index is 0.204. The highest BCUT2D eigenvalue weighted by Gasteiger charge is 2.31. The van der Waals surface area contributed by atoms with Crippen LogP contribution in [-0.2, 0) is 10.9 Å². The van der Waals surface area contributed by atoms with Gasteiger partial charge in [-0.1, -0.05) is 11.6 Å². The summed E-state index contributed by atoms with van der Waals surface area (Å²) in [4.78, 5) is 6.57. The highest BCUT2D eigenvalue weighted by Crippen LogP contribution is 2.36. The van der Waals surface area contributed by atoms with Crippen LogP contribution in [-0.4, -0.2) is 40.9 Å². The second-order valence-electron chi connectivity index (χ2n) is 7.60. The first-order chi connectivity index (χ1) is 15.9. The maximum atomic E-state index is 13.2. The monoisotopic (exact) mass is 473 g/mol. The molecular weight excluding hydrogens is 455 g/mol. The van der Waals surface area contributed by atoms with E-state index in [0.717, 1.165) is 36.6 Å². The minimum atomic E-state index is -4.47. The number of morpholine rings is 1. The first-order valence-electron chi connectivity index (χ1n) is 10.3. The Kier molecular flexibility index (Phi) is 5.59. The zero-order valence-electron chi connectivity index (χ0n) is 17.3. The summed E-state index contributed by atoms with van der Waals surface area (Å²) in [6.45, 7) is 3.12. The first kappa shape index (κ1) is 21.5. The third-order valence-electron chi connectivity index (χ3n) is 5.47. The molecule has 0 spiro atoms. The van der Waals surface area contributed by atoms with Gasteiger partial charge in [-0.25, -0.2) is 9.50 Å². The van der Waals surface area contributed by atoms with Gasteiger partial charge in [0.15, 0.2) is 0 Å². The molecular formula is C23H19ClF3N5O. The second kappa shape index (κ2) is 8.57. The summed E-state index contributed by atoms with van der Waals surface area (Å²) >= 11 is 6.24. The molecule has 0 unspecified atom stereocenters. The van der Waals surface area contributed by atoms with Crippen molar-refractivity contribution in [3.05, 3.63) is 71.4 Å². The molecule has 2 aromatic carbocycles. The molecule has 10 heteroatoms. The van der Waals surface area contributed by atoms with Crippen LogP contribution in [0.3, 0.4) is 0 Å². The third kappa shape index (κ3) is 4.46. The van der Waals surface area contributed by atoms with Crippen molar-refractivity contribution in [3.8, 4) is 11.3 Å². The summed E-state index contributed by atoms with van der Waals surface area (Å²) in [5.41, 5.74) is 2.43. The van der Waals surface area contributed by atoms with E-state index in [2.05, 4.69) is 20.3 Å². The van der Waals surface area contributed by atoms with Gasteiger partial charge < -0.3 is 15.0 Å². The van der Waals surface area contributed by atoms with Crippen LogP contribution in [0.25, 0.3) is 16.8 Å². The molecule has 0 bridgehead atoms. The van der Waals surface area contributed by atoms with Crippen LogP contribution in [0.5, 0.6) is 0 Å². The van der Waals surface area contributed by atoms with Crippen molar-refractivity contribution in [3.63, 3.8) is 0 Å². The largest absolute Gasteiger partial charge is 0.416 e. The summed E-state index contributed by atoms with van der Waals surface area (Å²) in [5.74, 6) is 0.308. The lowest BCUT2D eigenvalue weighted by molar-refractivity contribution is -0.137. The van der Waals surface area contributed by atoms with Crippen LogP contribution in [0, 0.1) is 0 Å². The number of nitrogens with one attached hydrogen (secondary N) is 1. The maximum absolute atomic E-state index is 13.2. The van der Waals surface area contributed by atoms with Crippen molar-refractivity contribution in [1.82, 2.24) is 14.6 Å². The molecule has 33 heavy (non-hydrogen) atoms. The summed E-state index contributed by atoms with van der Waals surface area (Å²) < 4.78 is 46.6. The van der Waals surface area contributed by atoms with Gasteiger partial charge in [-0.15, -0.1) is 5.10 Å². The van der Waals surface area contributed by atoms with Gasteiger partial charge >= 0.3 is 6.18 Å². The molecule has 6 nitrogen and oxygen atoms in total. The number of fused-ring (bicyclic) bond motifs is 1. The number of halogens is 4. The summed E-state index contributed by atoms with van der Waals surface area (Å²) in [6.07, 6.45) is -2.87. The molecule has 2 aromatic heterocycles. The third-order valence-corrected chi connectivity index (χ3v) is 5.80. The number of alkyl halides is 3. The van der Waals surface area contributed by atoms with Crippen molar-refractivity contribution >= 4 is 34.4 Å². The molecule has 3 heterocycles. The Morgan fingerprint density at radius 1 is 0.970 bits per heavy atom. The van der Waals surface area contributed by atoms with Gasteiger partial charge in [0, 0.05) is 35.1 Å². The first-order valence-corrected chi connectivity index (χ1v) is 10.7. The Balaban J connectivity index is 1.43. The average molecular weight is 474 g/mol. The van der Waals surface area contributed by atoms with Gasteiger partial charge in [-0.2, -0.15) is 13.2 Å². The Morgan fingerprint density at radius 2 is 1.73 bits per heavy atom. The van der Waals surface area contributed by atoms with Crippen molar-refractivity contribution in [2.24, 2.45) is 0 Å². The van der Waals surface area contributed by atoms with E-state index in [1.54, 1.807) is 18.3 Å². The molecule has 1 saturated heterocycles. The van der Waals surface area contributed by atoms with Crippen molar-refractivity contribution < 1.29 is 17.9 Å². The van der Waals surface area contributed by atoms with Gasteiger partial charge in [-0.05, 0) is 54.6 Å². The lowest BCUT2D eigenvalue weighted by atomic mass is 10.1. The lowest BCUT2D eigenvalue weighted by Gasteiger charge is -2.28. The van der Waals surface area contributed by atoms with Crippen molar-refractivity contribution in [2.75, 3.05) is 36.5 Å². The van der Waals surface area contributed by atoms with Gasteiger partial charge in [-0.3, -0.25) is 0 Å². The summed E-state index contributed by atoms with van der Waals surface area (Å²) in [5, 5.41) is 7.83. The van der Waals surface area contributed by atoms with Crippen LogP contribution in [0.4, 0.5) is 30.5 Å². The molecule has 0 aliphatic carbocycles. The predicted octanol–water partition coefficient (Wildman–Crippen LogP) is 5.65. The van der Waals surface area contributed by atoms with Crippen molar-refractivity contribution in [2.45, 2.75) is 6.18 Å².